The Labute approximate surface area is 130 Å². The molecule has 0 fully saturated rings. The number of carboxylic acid groups (broad SMARTS) is 1. The molecule has 0 aliphatic heterocycles. The van der Waals surface area contributed by atoms with Gasteiger partial charge in [-0.1, -0.05) is 6.58 Å². The van der Waals surface area contributed by atoms with E-state index in [2.05, 4.69) is 11.3 Å². The molecule has 0 spiro atoms. The van der Waals surface area contributed by atoms with E-state index < -0.39 is 23.2 Å². The molecule has 0 atom stereocenters. The van der Waals surface area contributed by atoms with Crippen molar-refractivity contribution in [1.82, 2.24) is 0 Å². The largest absolute Gasteiger partial charge is 0.478 e. The van der Waals surface area contributed by atoms with Gasteiger partial charge < -0.3 is 14.6 Å². The fourth-order valence-electron chi connectivity index (χ4n) is 1.43. The minimum atomic E-state index is -1.28. The number of carboxylic acids is 1. The van der Waals surface area contributed by atoms with Gasteiger partial charge in [-0.3, -0.25) is 4.79 Å². The lowest BCUT2D eigenvalue weighted by molar-refractivity contribution is -0.138. The summed E-state index contributed by atoms with van der Waals surface area (Å²) in [6, 6.07) is 3.24. The molecule has 0 heterocycles. The van der Waals surface area contributed by atoms with Crippen LogP contribution in [0.25, 0.3) is 0 Å². The van der Waals surface area contributed by atoms with E-state index in [0.717, 1.165) is 24.3 Å². The number of aromatic carboxylic acids is 1. The normalized spacial score (nSPS) is 9.68. The van der Waals surface area contributed by atoms with Crippen LogP contribution in [0.2, 0.25) is 0 Å². The Morgan fingerprint density at radius 2 is 1.77 bits per heavy atom. The van der Waals surface area contributed by atoms with Gasteiger partial charge in [0.1, 0.15) is 13.2 Å². The number of hydrogen-bond acceptors (Lipinski definition) is 6. The minimum Gasteiger partial charge on any atom is -0.478 e. The molecule has 1 aromatic carbocycles. The van der Waals surface area contributed by atoms with Crippen LogP contribution >= 0.6 is 11.6 Å². The first-order chi connectivity index (χ1) is 10.4. The van der Waals surface area contributed by atoms with Crippen molar-refractivity contribution in [2.75, 3.05) is 13.2 Å². The van der Waals surface area contributed by atoms with Gasteiger partial charge in [0.15, 0.2) is 0 Å². The molecule has 0 saturated heterocycles. The molecule has 0 aliphatic rings. The number of carbonyl (C=O) groups is 4. The van der Waals surface area contributed by atoms with Crippen molar-refractivity contribution >= 4 is 34.8 Å². The Kier molecular flexibility index (Phi) is 6.27. The average Bonchev–Trinajstić information content (AvgIpc) is 2.50. The van der Waals surface area contributed by atoms with Crippen molar-refractivity contribution in [3.05, 3.63) is 47.5 Å². The highest BCUT2D eigenvalue weighted by atomic mass is 35.5. The first-order valence-corrected chi connectivity index (χ1v) is 6.28. The Bertz CT molecular complexity index is 636. The Hall–Kier alpha value is -2.67. The summed E-state index contributed by atoms with van der Waals surface area (Å²) in [5.74, 6) is -2.91. The van der Waals surface area contributed by atoms with Crippen molar-refractivity contribution < 1.29 is 33.8 Å². The van der Waals surface area contributed by atoms with E-state index in [9.17, 15) is 19.2 Å². The maximum absolute atomic E-state index is 11.9. The zero-order chi connectivity index (χ0) is 16.7. The molecule has 0 amide bonds. The second-order valence-electron chi connectivity index (χ2n) is 3.85. The van der Waals surface area contributed by atoms with Crippen LogP contribution in [0.4, 0.5) is 0 Å². The second kappa shape index (κ2) is 7.94. The maximum atomic E-state index is 11.9. The fraction of sp³-hybridized carbons (Fsp3) is 0.143. The minimum absolute atomic E-state index is 0.181. The van der Waals surface area contributed by atoms with Crippen LogP contribution < -0.4 is 0 Å². The Balaban J connectivity index is 2.84. The quantitative estimate of drug-likeness (QED) is 0.351. The predicted molar refractivity (Wildman–Crippen MR) is 75.0 cm³/mol. The summed E-state index contributed by atoms with van der Waals surface area (Å²) in [5.41, 5.74) is -0.665. The van der Waals surface area contributed by atoms with Crippen LogP contribution in [0.1, 0.15) is 31.1 Å². The molecular weight excluding hydrogens is 316 g/mol. The SMILES string of the molecule is C=CC(=O)OCCOC(=O)c1cc(C(=O)O)ccc1C(=O)Cl. The molecule has 0 aromatic heterocycles. The summed E-state index contributed by atoms with van der Waals surface area (Å²) in [6.45, 7) is 2.71. The van der Waals surface area contributed by atoms with Gasteiger partial charge in [-0.25, -0.2) is 14.4 Å². The molecule has 116 valence electrons. The molecule has 0 radical (unpaired) electrons. The van der Waals surface area contributed by atoms with E-state index in [-0.39, 0.29) is 29.9 Å². The molecule has 1 N–H and O–H groups in total. The molecule has 0 saturated carbocycles. The number of ether oxygens (including phenoxy) is 2. The van der Waals surface area contributed by atoms with Gasteiger partial charge in [0.2, 0.25) is 0 Å². The first kappa shape index (κ1) is 17.4. The summed E-state index contributed by atoms with van der Waals surface area (Å²) in [5, 5.41) is 7.96. The lowest BCUT2D eigenvalue weighted by Crippen LogP contribution is -2.15. The number of benzene rings is 1. The number of rotatable bonds is 7. The molecule has 7 nitrogen and oxygen atoms in total. The summed E-state index contributed by atoms with van der Waals surface area (Å²) < 4.78 is 9.39. The van der Waals surface area contributed by atoms with Crippen LogP contribution in [0.5, 0.6) is 0 Å². The van der Waals surface area contributed by atoms with Crippen LogP contribution in [0.3, 0.4) is 0 Å². The molecule has 1 rings (SSSR count). The fourth-order valence-corrected chi connectivity index (χ4v) is 1.60. The Morgan fingerprint density at radius 1 is 1.14 bits per heavy atom. The van der Waals surface area contributed by atoms with Gasteiger partial charge in [-0.2, -0.15) is 0 Å². The topological polar surface area (TPSA) is 107 Å². The van der Waals surface area contributed by atoms with Crippen LogP contribution in [0.15, 0.2) is 30.9 Å². The van der Waals surface area contributed by atoms with E-state index in [1.54, 1.807) is 0 Å². The van der Waals surface area contributed by atoms with Crippen molar-refractivity contribution in [1.29, 1.82) is 0 Å². The molecule has 0 bridgehead atoms. The van der Waals surface area contributed by atoms with E-state index in [4.69, 9.17) is 21.4 Å². The molecule has 22 heavy (non-hydrogen) atoms. The standard InChI is InChI=1S/C14H11ClO7/c1-2-11(16)21-5-6-22-14(20)10-7-8(13(18)19)3-4-9(10)12(15)17/h2-4,7H,1,5-6H2,(H,18,19). The zero-order valence-corrected chi connectivity index (χ0v) is 12.0. The predicted octanol–water partition coefficient (Wildman–Crippen LogP) is 1.65. The molecule has 1 aromatic rings. The van der Waals surface area contributed by atoms with Gasteiger partial charge in [-0.15, -0.1) is 0 Å². The summed E-state index contributed by atoms with van der Waals surface area (Å²) in [7, 11) is 0. The van der Waals surface area contributed by atoms with Crippen LogP contribution in [-0.2, 0) is 14.3 Å². The van der Waals surface area contributed by atoms with Crippen LogP contribution in [-0.4, -0.2) is 41.5 Å². The highest BCUT2D eigenvalue weighted by molar-refractivity contribution is 6.68. The number of esters is 2. The summed E-state index contributed by atoms with van der Waals surface area (Å²) in [6.07, 6.45) is 0.947. The first-order valence-electron chi connectivity index (χ1n) is 5.90. The van der Waals surface area contributed by atoms with E-state index in [1.165, 1.54) is 0 Å². The lowest BCUT2D eigenvalue weighted by Gasteiger charge is -2.08. The third-order valence-electron chi connectivity index (χ3n) is 2.43. The average molecular weight is 327 g/mol. The molecule has 0 unspecified atom stereocenters. The van der Waals surface area contributed by atoms with E-state index in [1.807, 2.05) is 0 Å². The zero-order valence-electron chi connectivity index (χ0n) is 11.2. The third kappa shape index (κ3) is 4.71. The van der Waals surface area contributed by atoms with Gasteiger partial charge in [0.25, 0.3) is 5.24 Å². The summed E-state index contributed by atoms with van der Waals surface area (Å²) in [4.78, 5) is 44.8. The van der Waals surface area contributed by atoms with Gasteiger partial charge in [0, 0.05) is 11.6 Å². The van der Waals surface area contributed by atoms with Crippen LogP contribution in [0, 0.1) is 0 Å². The monoisotopic (exact) mass is 326 g/mol. The maximum Gasteiger partial charge on any atom is 0.339 e. The highest BCUT2D eigenvalue weighted by Crippen LogP contribution is 2.16. The van der Waals surface area contributed by atoms with E-state index in [0.29, 0.717) is 0 Å². The summed E-state index contributed by atoms with van der Waals surface area (Å²) >= 11 is 5.33. The second-order valence-corrected chi connectivity index (χ2v) is 4.19. The number of hydrogen-bond donors (Lipinski definition) is 1. The van der Waals surface area contributed by atoms with Gasteiger partial charge in [-0.05, 0) is 29.8 Å². The lowest BCUT2D eigenvalue weighted by atomic mass is 10.0. The third-order valence-corrected chi connectivity index (χ3v) is 2.63. The van der Waals surface area contributed by atoms with Crippen molar-refractivity contribution in [3.8, 4) is 0 Å². The van der Waals surface area contributed by atoms with Crippen molar-refractivity contribution in [3.63, 3.8) is 0 Å². The smallest absolute Gasteiger partial charge is 0.339 e. The van der Waals surface area contributed by atoms with Gasteiger partial charge >= 0.3 is 17.9 Å². The molecule has 8 heteroatoms. The number of carbonyl (C=O) groups excluding carboxylic acids is 3. The molecular formula is C14H11ClO7. The number of halogens is 1. The molecule has 0 aliphatic carbocycles. The Morgan fingerprint density at radius 3 is 2.32 bits per heavy atom. The van der Waals surface area contributed by atoms with E-state index >= 15 is 0 Å². The highest BCUT2D eigenvalue weighted by Gasteiger charge is 2.19. The van der Waals surface area contributed by atoms with Gasteiger partial charge in [0.05, 0.1) is 11.1 Å². The van der Waals surface area contributed by atoms with Crippen molar-refractivity contribution in [2.45, 2.75) is 0 Å². The van der Waals surface area contributed by atoms with Crippen molar-refractivity contribution in [2.24, 2.45) is 0 Å².